The summed E-state index contributed by atoms with van der Waals surface area (Å²) in [5.74, 6) is -0.109. The van der Waals surface area contributed by atoms with Gasteiger partial charge < -0.3 is 14.1 Å². The average Bonchev–Trinajstić information content (AvgIpc) is 3.21. The molecule has 3 rings (SSSR count). The van der Waals surface area contributed by atoms with Gasteiger partial charge in [-0.3, -0.25) is 4.79 Å². The van der Waals surface area contributed by atoms with Crippen molar-refractivity contribution < 1.29 is 18.7 Å². The number of carbonyl (C=O) groups is 2. The van der Waals surface area contributed by atoms with Crippen LogP contribution in [0, 0.1) is 0 Å². The summed E-state index contributed by atoms with van der Waals surface area (Å²) >= 11 is 0. The molecule has 0 N–H and O–H groups in total. The van der Waals surface area contributed by atoms with Crippen LogP contribution in [-0.2, 0) is 14.3 Å². The van der Waals surface area contributed by atoms with E-state index in [0.717, 1.165) is 25.7 Å². The van der Waals surface area contributed by atoms with E-state index in [1.165, 1.54) is 13.4 Å². The van der Waals surface area contributed by atoms with Crippen LogP contribution in [0.25, 0.3) is 6.08 Å². The lowest BCUT2D eigenvalue weighted by molar-refractivity contribution is -0.136. The molecule has 2 aliphatic rings. The van der Waals surface area contributed by atoms with Crippen molar-refractivity contribution in [2.24, 2.45) is 0 Å². The summed E-state index contributed by atoms with van der Waals surface area (Å²) in [4.78, 5) is 26.2. The summed E-state index contributed by atoms with van der Waals surface area (Å²) in [5, 5.41) is 0. The Morgan fingerprint density at radius 2 is 2.19 bits per heavy atom. The zero-order chi connectivity index (χ0) is 14.8. The molecular weight excluding hydrogens is 270 g/mol. The molecule has 5 nitrogen and oxygen atoms in total. The Morgan fingerprint density at radius 3 is 2.81 bits per heavy atom. The van der Waals surface area contributed by atoms with Gasteiger partial charge >= 0.3 is 5.97 Å². The van der Waals surface area contributed by atoms with Crippen molar-refractivity contribution in [1.82, 2.24) is 4.90 Å². The quantitative estimate of drug-likeness (QED) is 0.633. The van der Waals surface area contributed by atoms with Gasteiger partial charge in [-0.05, 0) is 31.1 Å². The molecule has 0 bridgehead atoms. The number of carbonyl (C=O) groups excluding carboxylic acids is 2. The molecule has 0 spiro atoms. The van der Waals surface area contributed by atoms with E-state index in [-0.39, 0.29) is 11.9 Å². The van der Waals surface area contributed by atoms with Crippen LogP contribution >= 0.6 is 0 Å². The number of hydrogen-bond donors (Lipinski definition) is 0. The fourth-order valence-corrected chi connectivity index (χ4v) is 2.90. The zero-order valence-corrected chi connectivity index (χ0v) is 11.9. The van der Waals surface area contributed by atoms with Crippen LogP contribution in [-0.4, -0.2) is 29.9 Å². The van der Waals surface area contributed by atoms with Gasteiger partial charge in [0.25, 0.3) is 5.91 Å². The van der Waals surface area contributed by atoms with Crippen molar-refractivity contribution >= 4 is 18.0 Å². The lowest BCUT2D eigenvalue weighted by atomic mass is 10.1. The maximum absolute atomic E-state index is 12.6. The first-order chi connectivity index (χ1) is 10.2. The van der Waals surface area contributed by atoms with Crippen LogP contribution in [0.5, 0.6) is 0 Å². The Morgan fingerprint density at radius 1 is 1.43 bits per heavy atom. The van der Waals surface area contributed by atoms with Crippen molar-refractivity contribution in [2.45, 2.75) is 31.7 Å². The van der Waals surface area contributed by atoms with Crippen molar-refractivity contribution in [3.63, 3.8) is 0 Å². The van der Waals surface area contributed by atoms with Crippen LogP contribution in [0.2, 0.25) is 0 Å². The highest BCUT2D eigenvalue weighted by molar-refractivity contribution is 6.15. The van der Waals surface area contributed by atoms with Crippen LogP contribution in [0.15, 0.2) is 40.2 Å². The van der Waals surface area contributed by atoms with Gasteiger partial charge in [0.15, 0.2) is 0 Å². The smallest absolute Gasteiger partial charge is 0.340 e. The lowest BCUT2D eigenvalue weighted by Gasteiger charge is -2.21. The summed E-state index contributed by atoms with van der Waals surface area (Å²) < 4.78 is 10.0. The second-order valence-corrected chi connectivity index (χ2v) is 5.26. The maximum atomic E-state index is 12.6. The minimum absolute atomic E-state index is 0.154. The number of nitrogens with zero attached hydrogens (tertiary/aromatic N) is 1. The summed E-state index contributed by atoms with van der Waals surface area (Å²) in [7, 11) is 1.32. The standard InChI is InChI=1S/C16H17NO4/c1-20-16(19)14-10-17(11-5-2-3-6-11)15(18)13(14)9-12-7-4-8-21-12/h4,7-11H,2-3,5-6H2,1H3/b13-9-. The first-order valence-corrected chi connectivity index (χ1v) is 7.09. The minimum atomic E-state index is -0.498. The zero-order valence-electron chi connectivity index (χ0n) is 11.9. The third kappa shape index (κ3) is 2.51. The summed E-state index contributed by atoms with van der Waals surface area (Å²) in [6.45, 7) is 0. The predicted molar refractivity (Wildman–Crippen MR) is 75.9 cm³/mol. The molecule has 1 aromatic heterocycles. The highest BCUT2D eigenvalue weighted by Gasteiger charge is 2.37. The molecule has 0 radical (unpaired) electrons. The topological polar surface area (TPSA) is 59.8 Å². The van der Waals surface area contributed by atoms with Crippen LogP contribution in [0.3, 0.4) is 0 Å². The van der Waals surface area contributed by atoms with Gasteiger partial charge in [0, 0.05) is 12.2 Å². The Labute approximate surface area is 122 Å². The molecule has 0 saturated heterocycles. The number of esters is 1. The Bertz CT molecular complexity index is 606. The Kier molecular flexibility index (Phi) is 3.64. The molecule has 5 heteroatoms. The van der Waals surface area contributed by atoms with Crippen LogP contribution in [0.4, 0.5) is 0 Å². The van der Waals surface area contributed by atoms with Gasteiger partial charge in [-0.2, -0.15) is 0 Å². The first kappa shape index (κ1) is 13.7. The Balaban J connectivity index is 1.96. The maximum Gasteiger partial charge on any atom is 0.340 e. The van der Waals surface area contributed by atoms with Gasteiger partial charge in [-0.25, -0.2) is 4.79 Å². The first-order valence-electron chi connectivity index (χ1n) is 7.09. The summed E-state index contributed by atoms with van der Waals surface area (Å²) in [5.41, 5.74) is 0.634. The second-order valence-electron chi connectivity index (χ2n) is 5.26. The number of hydrogen-bond acceptors (Lipinski definition) is 4. The van der Waals surface area contributed by atoms with Crippen LogP contribution < -0.4 is 0 Å². The van der Waals surface area contributed by atoms with Gasteiger partial charge in [0.2, 0.25) is 0 Å². The number of methoxy groups -OCH3 is 1. The molecule has 2 heterocycles. The fraction of sp³-hybridized carbons (Fsp3) is 0.375. The molecule has 0 atom stereocenters. The van der Waals surface area contributed by atoms with E-state index in [1.807, 2.05) is 0 Å². The summed E-state index contributed by atoms with van der Waals surface area (Å²) in [6, 6.07) is 3.66. The number of ether oxygens (including phenoxy) is 1. The molecule has 1 fully saturated rings. The molecule has 110 valence electrons. The lowest BCUT2D eigenvalue weighted by Crippen LogP contribution is -2.31. The number of furan rings is 1. The minimum Gasteiger partial charge on any atom is -0.465 e. The van der Waals surface area contributed by atoms with Gasteiger partial charge in [-0.1, -0.05) is 12.8 Å². The fourth-order valence-electron chi connectivity index (χ4n) is 2.90. The van der Waals surface area contributed by atoms with E-state index in [9.17, 15) is 9.59 Å². The SMILES string of the molecule is COC(=O)C1=CN(C2CCCC2)C(=O)/C1=C\c1ccco1. The van der Waals surface area contributed by atoms with E-state index in [2.05, 4.69) is 0 Å². The monoisotopic (exact) mass is 287 g/mol. The molecule has 0 unspecified atom stereocenters. The van der Waals surface area contributed by atoms with Crippen LogP contribution in [0.1, 0.15) is 31.4 Å². The molecule has 1 aromatic rings. The Hall–Kier alpha value is -2.30. The third-order valence-corrected chi connectivity index (χ3v) is 3.98. The predicted octanol–water partition coefficient (Wildman–Crippen LogP) is 2.50. The van der Waals surface area contributed by atoms with Crippen molar-refractivity contribution in [1.29, 1.82) is 0 Å². The van der Waals surface area contributed by atoms with Gasteiger partial charge in [0.05, 0.1) is 24.5 Å². The number of rotatable bonds is 3. The van der Waals surface area contributed by atoms with E-state index in [1.54, 1.807) is 29.3 Å². The molecule has 1 aliphatic heterocycles. The van der Waals surface area contributed by atoms with Crippen molar-refractivity contribution in [3.8, 4) is 0 Å². The van der Waals surface area contributed by atoms with Gasteiger partial charge in [0.1, 0.15) is 5.76 Å². The number of amides is 1. The van der Waals surface area contributed by atoms with Crippen molar-refractivity contribution in [2.75, 3.05) is 7.11 Å². The molecule has 1 aliphatic carbocycles. The highest BCUT2D eigenvalue weighted by Crippen LogP contribution is 2.32. The third-order valence-electron chi connectivity index (χ3n) is 3.98. The molecular formula is C16H17NO4. The largest absolute Gasteiger partial charge is 0.465 e. The molecule has 1 amide bonds. The molecule has 21 heavy (non-hydrogen) atoms. The highest BCUT2D eigenvalue weighted by atomic mass is 16.5. The van der Waals surface area contributed by atoms with Gasteiger partial charge in [-0.15, -0.1) is 0 Å². The van der Waals surface area contributed by atoms with Crippen molar-refractivity contribution in [3.05, 3.63) is 41.5 Å². The normalized spacial score (nSPS) is 21.2. The molecule has 1 saturated carbocycles. The van der Waals surface area contributed by atoms with E-state index in [4.69, 9.17) is 9.15 Å². The second kappa shape index (κ2) is 5.60. The van der Waals surface area contributed by atoms with E-state index in [0.29, 0.717) is 16.9 Å². The van der Waals surface area contributed by atoms with E-state index >= 15 is 0 Å². The summed E-state index contributed by atoms with van der Waals surface area (Å²) in [6.07, 6.45) is 8.94. The van der Waals surface area contributed by atoms with E-state index < -0.39 is 5.97 Å². The average molecular weight is 287 g/mol. The molecule has 0 aromatic carbocycles.